The minimum absolute atomic E-state index is 0.328. The number of hydrogen-bond donors (Lipinski definition) is 1. The normalized spacial score (nSPS) is 16.6. The summed E-state index contributed by atoms with van der Waals surface area (Å²) in [6.45, 7) is 7.89. The van der Waals surface area contributed by atoms with Crippen LogP contribution >= 0.6 is 11.3 Å². The van der Waals surface area contributed by atoms with Crippen LogP contribution in [0.25, 0.3) is 0 Å². The van der Waals surface area contributed by atoms with Gasteiger partial charge in [0.2, 0.25) is 0 Å². The van der Waals surface area contributed by atoms with Gasteiger partial charge in [-0.2, -0.15) is 0 Å². The Bertz CT molecular complexity index is 379. The van der Waals surface area contributed by atoms with E-state index < -0.39 is 0 Å². The van der Waals surface area contributed by atoms with Crippen LogP contribution in [0, 0.1) is 5.92 Å². The molecule has 0 spiro atoms. The first kappa shape index (κ1) is 14.8. The van der Waals surface area contributed by atoms with Crippen LogP contribution in [0.4, 0.5) is 5.13 Å². The van der Waals surface area contributed by atoms with E-state index in [-0.39, 0.29) is 0 Å². The molecule has 1 saturated carbocycles. The van der Waals surface area contributed by atoms with E-state index in [0.29, 0.717) is 6.04 Å². The highest BCUT2D eigenvalue weighted by Gasteiger charge is 2.21. The SMILES string of the molecule is CCNC(C)c1csc(N(C)CCOCC2CC2)n1. The lowest BCUT2D eigenvalue weighted by molar-refractivity contribution is 0.131. The van der Waals surface area contributed by atoms with Crippen molar-refractivity contribution in [2.75, 3.05) is 38.3 Å². The molecule has 0 radical (unpaired) electrons. The Morgan fingerprint density at radius 3 is 3.05 bits per heavy atom. The van der Waals surface area contributed by atoms with Gasteiger partial charge in [-0.05, 0) is 32.2 Å². The van der Waals surface area contributed by atoms with E-state index in [4.69, 9.17) is 4.74 Å². The van der Waals surface area contributed by atoms with Gasteiger partial charge in [0, 0.05) is 31.6 Å². The van der Waals surface area contributed by atoms with E-state index in [2.05, 4.69) is 41.5 Å². The Hall–Kier alpha value is -0.650. The minimum Gasteiger partial charge on any atom is -0.379 e. The topological polar surface area (TPSA) is 37.4 Å². The van der Waals surface area contributed by atoms with Crippen LogP contribution in [0.2, 0.25) is 0 Å². The van der Waals surface area contributed by atoms with E-state index in [0.717, 1.165) is 43.0 Å². The molecule has 0 amide bonds. The number of rotatable bonds is 9. The van der Waals surface area contributed by atoms with Gasteiger partial charge in [-0.25, -0.2) is 4.98 Å². The number of nitrogens with zero attached hydrogens (tertiary/aromatic N) is 2. The Balaban J connectivity index is 1.72. The lowest BCUT2D eigenvalue weighted by Crippen LogP contribution is -2.23. The fraction of sp³-hybridized carbons (Fsp3) is 0.786. The Labute approximate surface area is 120 Å². The van der Waals surface area contributed by atoms with Gasteiger partial charge >= 0.3 is 0 Å². The Morgan fingerprint density at radius 1 is 1.58 bits per heavy atom. The third-order valence-electron chi connectivity index (χ3n) is 3.41. The molecule has 5 heteroatoms. The van der Waals surface area contributed by atoms with Gasteiger partial charge in [-0.3, -0.25) is 0 Å². The molecular formula is C14H25N3OS. The predicted molar refractivity (Wildman–Crippen MR) is 81.0 cm³/mol. The third kappa shape index (κ3) is 4.75. The number of nitrogens with one attached hydrogen (secondary N) is 1. The maximum absolute atomic E-state index is 5.67. The highest BCUT2D eigenvalue weighted by Crippen LogP contribution is 2.28. The van der Waals surface area contributed by atoms with Gasteiger partial charge in [-0.15, -0.1) is 11.3 Å². The molecule has 1 fully saturated rings. The predicted octanol–water partition coefficient (Wildman–Crippen LogP) is 2.68. The summed E-state index contributed by atoms with van der Waals surface area (Å²) in [6, 6.07) is 0.328. The highest BCUT2D eigenvalue weighted by atomic mass is 32.1. The van der Waals surface area contributed by atoms with Crippen LogP contribution in [-0.4, -0.2) is 38.3 Å². The van der Waals surface area contributed by atoms with Crippen molar-refractivity contribution in [2.45, 2.75) is 32.7 Å². The van der Waals surface area contributed by atoms with E-state index in [1.54, 1.807) is 11.3 Å². The summed E-state index contributed by atoms with van der Waals surface area (Å²) in [5, 5.41) is 6.61. The number of ether oxygens (including phenoxy) is 1. The van der Waals surface area contributed by atoms with Crippen molar-refractivity contribution >= 4 is 16.5 Å². The lowest BCUT2D eigenvalue weighted by Gasteiger charge is -2.16. The average molecular weight is 283 g/mol. The number of likely N-dealkylation sites (N-methyl/N-ethyl adjacent to an activating group) is 1. The van der Waals surface area contributed by atoms with Gasteiger partial charge in [0.05, 0.1) is 12.3 Å². The zero-order chi connectivity index (χ0) is 13.7. The van der Waals surface area contributed by atoms with Crippen molar-refractivity contribution in [1.82, 2.24) is 10.3 Å². The molecule has 1 unspecified atom stereocenters. The molecule has 4 nitrogen and oxygen atoms in total. The molecule has 0 bridgehead atoms. The smallest absolute Gasteiger partial charge is 0.185 e. The molecule has 108 valence electrons. The lowest BCUT2D eigenvalue weighted by atomic mass is 10.3. The van der Waals surface area contributed by atoms with Crippen molar-refractivity contribution in [3.63, 3.8) is 0 Å². The molecule has 19 heavy (non-hydrogen) atoms. The molecule has 1 atom stereocenters. The van der Waals surface area contributed by atoms with Crippen LogP contribution in [0.5, 0.6) is 0 Å². The van der Waals surface area contributed by atoms with Gasteiger partial charge < -0.3 is 15.0 Å². The van der Waals surface area contributed by atoms with E-state index >= 15 is 0 Å². The monoisotopic (exact) mass is 283 g/mol. The highest BCUT2D eigenvalue weighted by molar-refractivity contribution is 7.13. The minimum atomic E-state index is 0.328. The molecule has 0 aliphatic heterocycles. The molecule has 1 aromatic rings. The summed E-state index contributed by atoms with van der Waals surface area (Å²) in [7, 11) is 2.08. The molecule has 2 rings (SSSR count). The van der Waals surface area contributed by atoms with Crippen molar-refractivity contribution in [3.8, 4) is 0 Å². The fourth-order valence-corrected chi connectivity index (χ4v) is 2.81. The van der Waals surface area contributed by atoms with Crippen LogP contribution in [0.1, 0.15) is 38.4 Å². The zero-order valence-corrected chi connectivity index (χ0v) is 13.0. The van der Waals surface area contributed by atoms with Gasteiger partial charge in [0.25, 0.3) is 0 Å². The van der Waals surface area contributed by atoms with E-state index in [1.807, 2.05) is 0 Å². The average Bonchev–Trinajstić information content (AvgIpc) is 3.08. The molecule has 0 aromatic carbocycles. The second kappa shape index (κ2) is 7.22. The summed E-state index contributed by atoms with van der Waals surface area (Å²) in [4.78, 5) is 6.86. The van der Waals surface area contributed by atoms with Crippen LogP contribution in [0.3, 0.4) is 0 Å². The van der Waals surface area contributed by atoms with Gasteiger partial charge in [-0.1, -0.05) is 6.92 Å². The summed E-state index contributed by atoms with van der Waals surface area (Å²) in [6.07, 6.45) is 2.71. The summed E-state index contributed by atoms with van der Waals surface area (Å²) in [5.41, 5.74) is 1.13. The fourth-order valence-electron chi connectivity index (χ4n) is 1.89. The summed E-state index contributed by atoms with van der Waals surface area (Å²) in [5.74, 6) is 0.845. The molecular weight excluding hydrogens is 258 g/mol. The largest absolute Gasteiger partial charge is 0.379 e. The number of aromatic nitrogens is 1. The second-order valence-electron chi connectivity index (χ2n) is 5.27. The molecule has 1 aliphatic rings. The van der Waals surface area contributed by atoms with E-state index in [1.165, 1.54) is 12.8 Å². The first-order valence-electron chi connectivity index (χ1n) is 7.18. The molecule has 1 N–H and O–H groups in total. The van der Waals surface area contributed by atoms with Crippen LogP contribution in [0.15, 0.2) is 5.38 Å². The quantitative estimate of drug-likeness (QED) is 0.707. The second-order valence-corrected chi connectivity index (χ2v) is 6.11. The molecule has 0 saturated heterocycles. The maximum Gasteiger partial charge on any atom is 0.185 e. The van der Waals surface area contributed by atoms with Crippen LogP contribution in [-0.2, 0) is 4.74 Å². The van der Waals surface area contributed by atoms with E-state index in [9.17, 15) is 0 Å². The van der Waals surface area contributed by atoms with Gasteiger partial charge in [0.1, 0.15) is 0 Å². The Kier molecular flexibility index (Phi) is 5.60. The van der Waals surface area contributed by atoms with Crippen molar-refractivity contribution in [2.24, 2.45) is 5.92 Å². The first-order chi connectivity index (χ1) is 9.20. The van der Waals surface area contributed by atoms with Crippen molar-refractivity contribution in [3.05, 3.63) is 11.1 Å². The number of anilines is 1. The van der Waals surface area contributed by atoms with Gasteiger partial charge in [0.15, 0.2) is 5.13 Å². The summed E-state index contributed by atoms with van der Waals surface area (Å²) >= 11 is 1.71. The molecule has 1 aromatic heterocycles. The Morgan fingerprint density at radius 2 is 2.37 bits per heavy atom. The zero-order valence-electron chi connectivity index (χ0n) is 12.2. The first-order valence-corrected chi connectivity index (χ1v) is 8.06. The third-order valence-corrected chi connectivity index (χ3v) is 4.38. The number of thiazole rings is 1. The molecule has 1 aliphatic carbocycles. The van der Waals surface area contributed by atoms with Crippen LogP contribution < -0.4 is 10.2 Å². The summed E-state index contributed by atoms with van der Waals surface area (Å²) < 4.78 is 5.67. The molecule has 1 heterocycles. The van der Waals surface area contributed by atoms with Crippen molar-refractivity contribution in [1.29, 1.82) is 0 Å². The number of hydrogen-bond acceptors (Lipinski definition) is 5. The maximum atomic E-state index is 5.67. The van der Waals surface area contributed by atoms with Crippen molar-refractivity contribution < 1.29 is 4.74 Å². The standard InChI is InChI=1S/C14H25N3OS/c1-4-15-11(2)13-10-19-14(16-13)17(3)7-8-18-9-12-5-6-12/h10-12,15H,4-9H2,1-3H3.